The second-order valence-electron chi connectivity index (χ2n) is 9.52. The summed E-state index contributed by atoms with van der Waals surface area (Å²) >= 11 is 0. The molecule has 4 nitrogen and oxygen atoms in total. The van der Waals surface area contributed by atoms with E-state index in [4.69, 9.17) is 13.3 Å². The van der Waals surface area contributed by atoms with Gasteiger partial charge in [0.05, 0.1) is 5.92 Å². The first-order chi connectivity index (χ1) is 12.1. The van der Waals surface area contributed by atoms with Crippen LogP contribution in [0.3, 0.4) is 0 Å². The number of hydrogen-bond donors (Lipinski definition) is 0. The Balaban J connectivity index is 2.33. The average Bonchev–Trinajstić information content (AvgIpc) is 3.07. The third-order valence-corrected chi connectivity index (χ3v) is 15.6. The molecule has 0 N–H and O–H groups in total. The Bertz CT molecular complexity index is 478. The molecule has 0 aromatic heterocycles. The second kappa shape index (κ2) is 8.05. The van der Waals surface area contributed by atoms with Crippen LogP contribution in [0.25, 0.3) is 0 Å². The van der Waals surface area contributed by atoms with E-state index in [0.29, 0.717) is 28.5 Å². The van der Waals surface area contributed by atoms with Gasteiger partial charge in [-0.1, -0.05) is 48.5 Å². The van der Waals surface area contributed by atoms with Gasteiger partial charge in [-0.25, -0.2) is 0 Å². The van der Waals surface area contributed by atoms with Gasteiger partial charge in [0, 0.05) is 19.3 Å². The fraction of sp³-hybridized carbons (Fsp3) is 0.950. The maximum Gasteiger partial charge on any atom is 0.391 e. The Morgan fingerprint density at radius 2 is 1.50 bits per heavy atom. The van der Waals surface area contributed by atoms with Crippen molar-refractivity contribution in [2.24, 2.45) is 17.8 Å². The van der Waals surface area contributed by atoms with Crippen molar-refractivity contribution in [1.29, 1.82) is 0 Å². The molecular formula is C20H39O4Si2. The highest BCUT2D eigenvalue weighted by Crippen LogP contribution is 2.67. The van der Waals surface area contributed by atoms with Crippen LogP contribution in [0.1, 0.15) is 67.7 Å². The Labute approximate surface area is 163 Å². The normalized spacial score (nSPS) is 31.7. The number of fused-ring (bicyclic) bond motifs is 2. The van der Waals surface area contributed by atoms with Crippen LogP contribution in [0.2, 0.25) is 21.7 Å². The third kappa shape index (κ3) is 3.35. The fourth-order valence-corrected chi connectivity index (χ4v) is 14.0. The molecule has 2 saturated carbocycles. The molecule has 0 aromatic rings. The summed E-state index contributed by atoms with van der Waals surface area (Å²) in [5.41, 5.74) is 1.23. The highest BCUT2D eigenvalue weighted by molar-refractivity contribution is 6.79. The number of hydrogen-bond acceptors (Lipinski definition) is 4. The molecule has 2 aliphatic carbocycles. The average molecular weight is 400 g/mol. The summed E-state index contributed by atoms with van der Waals surface area (Å²) < 4.78 is 18.1. The molecule has 0 amide bonds. The molecule has 26 heavy (non-hydrogen) atoms. The van der Waals surface area contributed by atoms with Crippen molar-refractivity contribution in [2.75, 3.05) is 14.2 Å². The Morgan fingerprint density at radius 3 is 1.88 bits per heavy atom. The standard InChI is InChI=1S/C20H39O4Si2/c1-13(2)26(14(3)4,15(5)6)24-19(21)18-10-17-12-20(18,11-16(17)7)25(22-8)23-9/h13-18H,10-12H2,1-9H3. The van der Waals surface area contributed by atoms with Gasteiger partial charge in [-0.05, 0) is 47.7 Å². The summed E-state index contributed by atoms with van der Waals surface area (Å²) in [4.78, 5) is 13.5. The van der Waals surface area contributed by atoms with Crippen LogP contribution in [0.4, 0.5) is 0 Å². The largest absolute Gasteiger partial charge is 0.518 e. The van der Waals surface area contributed by atoms with E-state index in [-0.39, 0.29) is 16.9 Å². The van der Waals surface area contributed by atoms with Crippen LogP contribution in [-0.2, 0) is 18.1 Å². The van der Waals surface area contributed by atoms with E-state index < -0.39 is 17.6 Å². The Kier molecular flexibility index (Phi) is 6.85. The zero-order valence-electron chi connectivity index (χ0n) is 18.2. The van der Waals surface area contributed by atoms with Crippen molar-refractivity contribution in [3.63, 3.8) is 0 Å². The van der Waals surface area contributed by atoms with Crippen molar-refractivity contribution in [1.82, 2.24) is 0 Å². The highest BCUT2D eigenvalue weighted by atomic mass is 28.4. The molecule has 4 atom stereocenters. The van der Waals surface area contributed by atoms with Crippen molar-refractivity contribution in [3.05, 3.63) is 0 Å². The summed E-state index contributed by atoms with van der Waals surface area (Å²) in [7, 11) is -0.232. The van der Waals surface area contributed by atoms with Gasteiger partial charge in [0.2, 0.25) is 0 Å². The molecule has 4 unspecified atom stereocenters. The molecular weight excluding hydrogens is 360 g/mol. The summed E-state index contributed by atoms with van der Waals surface area (Å²) in [6, 6.07) is 0. The molecule has 0 spiro atoms. The number of rotatable bonds is 8. The van der Waals surface area contributed by atoms with Crippen LogP contribution in [0.5, 0.6) is 0 Å². The van der Waals surface area contributed by atoms with Gasteiger partial charge >= 0.3 is 9.28 Å². The number of carbonyl (C=O) groups is 1. The van der Waals surface area contributed by atoms with Gasteiger partial charge in [0.15, 0.2) is 0 Å². The van der Waals surface area contributed by atoms with Crippen LogP contribution < -0.4 is 0 Å². The monoisotopic (exact) mass is 399 g/mol. The minimum Gasteiger partial charge on any atom is -0.518 e. The van der Waals surface area contributed by atoms with E-state index >= 15 is 0 Å². The van der Waals surface area contributed by atoms with Crippen molar-refractivity contribution in [2.45, 2.75) is 89.4 Å². The predicted octanol–water partition coefficient (Wildman–Crippen LogP) is 5.29. The quantitative estimate of drug-likeness (QED) is 0.520. The molecule has 6 heteroatoms. The number of carbonyl (C=O) groups excluding carboxylic acids is 1. The second-order valence-corrected chi connectivity index (χ2v) is 17.3. The fourth-order valence-electron chi connectivity index (χ4n) is 6.34. The molecule has 2 rings (SSSR count). The molecule has 2 bridgehead atoms. The summed E-state index contributed by atoms with van der Waals surface area (Å²) in [5.74, 6) is 1.23. The van der Waals surface area contributed by atoms with E-state index in [1.165, 1.54) is 0 Å². The first kappa shape index (κ1) is 22.1. The van der Waals surface area contributed by atoms with E-state index in [1.807, 2.05) is 0 Å². The lowest BCUT2D eigenvalue weighted by Gasteiger charge is -2.44. The summed E-state index contributed by atoms with van der Waals surface area (Å²) in [6.45, 7) is 15.7. The maximum atomic E-state index is 13.5. The van der Waals surface area contributed by atoms with Gasteiger partial charge in [0.1, 0.15) is 0 Å². The van der Waals surface area contributed by atoms with Gasteiger partial charge in [0.25, 0.3) is 14.3 Å². The molecule has 2 aliphatic rings. The lowest BCUT2D eigenvalue weighted by Crippen LogP contribution is -2.52. The first-order valence-corrected chi connectivity index (χ1v) is 13.7. The van der Waals surface area contributed by atoms with Crippen LogP contribution in [-0.4, -0.2) is 37.8 Å². The van der Waals surface area contributed by atoms with Crippen LogP contribution >= 0.6 is 0 Å². The minimum atomic E-state index is -2.21. The zero-order valence-corrected chi connectivity index (χ0v) is 20.2. The highest BCUT2D eigenvalue weighted by Gasteiger charge is 2.65. The van der Waals surface area contributed by atoms with Crippen LogP contribution in [0, 0.1) is 17.8 Å². The topological polar surface area (TPSA) is 44.8 Å². The van der Waals surface area contributed by atoms with Gasteiger partial charge in [-0.2, -0.15) is 0 Å². The van der Waals surface area contributed by atoms with Crippen LogP contribution in [0.15, 0.2) is 0 Å². The van der Waals surface area contributed by atoms with E-state index in [2.05, 4.69) is 48.5 Å². The van der Waals surface area contributed by atoms with E-state index in [1.54, 1.807) is 14.2 Å². The zero-order chi connectivity index (χ0) is 19.9. The molecule has 0 saturated heterocycles. The Hall–Kier alpha value is -0.176. The molecule has 1 radical (unpaired) electrons. The molecule has 0 aromatic carbocycles. The lowest BCUT2D eigenvalue weighted by atomic mass is 9.82. The van der Waals surface area contributed by atoms with Crippen molar-refractivity contribution in [3.8, 4) is 0 Å². The predicted molar refractivity (Wildman–Crippen MR) is 110 cm³/mol. The van der Waals surface area contributed by atoms with Crippen molar-refractivity contribution >= 4 is 23.6 Å². The van der Waals surface area contributed by atoms with Crippen molar-refractivity contribution < 1.29 is 18.1 Å². The van der Waals surface area contributed by atoms with Gasteiger partial charge < -0.3 is 13.3 Å². The molecule has 151 valence electrons. The van der Waals surface area contributed by atoms with Gasteiger partial charge in [-0.3, -0.25) is 4.79 Å². The Morgan fingerprint density at radius 1 is 1.00 bits per heavy atom. The molecule has 0 heterocycles. The SMILES string of the molecule is CO[Si](OC)C12CC(C)C(CC1C(=O)O[Si](C(C)C)(C(C)C)C(C)C)C2. The molecule has 0 aliphatic heterocycles. The van der Waals surface area contributed by atoms with Gasteiger partial charge in [-0.15, -0.1) is 0 Å². The smallest absolute Gasteiger partial charge is 0.391 e. The summed E-state index contributed by atoms with van der Waals surface area (Å²) in [6.07, 6.45) is 3.04. The molecule has 2 fully saturated rings. The lowest BCUT2D eigenvalue weighted by molar-refractivity contribution is -0.142. The van der Waals surface area contributed by atoms with E-state index in [0.717, 1.165) is 19.3 Å². The first-order valence-electron chi connectivity index (χ1n) is 10.2. The minimum absolute atomic E-state index is 0.0405. The summed E-state index contributed by atoms with van der Waals surface area (Å²) in [5, 5.41) is -0.125. The maximum absolute atomic E-state index is 13.5. The third-order valence-electron chi connectivity index (χ3n) is 7.37. The van der Waals surface area contributed by atoms with E-state index in [9.17, 15) is 4.79 Å².